The van der Waals surface area contributed by atoms with Gasteiger partial charge in [-0.15, -0.1) is 0 Å². The SMILES string of the molecule is CC(C)C(CO)c1nccc(-c2ccncc2)n1. The molecule has 0 spiro atoms. The van der Waals surface area contributed by atoms with Crippen molar-refractivity contribution in [2.75, 3.05) is 6.61 Å². The second-order valence-corrected chi connectivity index (χ2v) is 4.57. The number of pyridine rings is 1. The van der Waals surface area contributed by atoms with Gasteiger partial charge in [-0.1, -0.05) is 13.8 Å². The molecule has 0 radical (unpaired) electrons. The first-order valence-corrected chi connectivity index (χ1v) is 6.06. The van der Waals surface area contributed by atoms with Crippen molar-refractivity contribution in [2.45, 2.75) is 19.8 Å². The number of nitrogens with zero attached hydrogens (tertiary/aromatic N) is 3. The van der Waals surface area contributed by atoms with E-state index in [9.17, 15) is 5.11 Å². The van der Waals surface area contributed by atoms with Crippen molar-refractivity contribution in [3.05, 3.63) is 42.6 Å². The lowest BCUT2D eigenvalue weighted by Crippen LogP contribution is -2.14. The van der Waals surface area contributed by atoms with Crippen LogP contribution in [0.1, 0.15) is 25.6 Å². The van der Waals surface area contributed by atoms with Gasteiger partial charge in [-0.05, 0) is 24.1 Å². The van der Waals surface area contributed by atoms with E-state index < -0.39 is 0 Å². The molecule has 0 aliphatic rings. The van der Waals surface area contributed by atoms with E-state index in [1.165, 1.54) is 0 Å². The average Bonchev–Trinajstić information content (AvgIpc) is 2.40. The van der Waals surface area contributed by atoms with Crippen LogP contribution in [0.15, 0.2) is 36.8 Å². The number of aliphatic hydroxyl groups excluding tert-OH is 1. The molecule has 94 valence electrons. The molecule has 0 saturated heterocycles. The van der Waals surface area contributed by atoms with Gasteiger partial charge in [0.2, 0.25) is 0 Å². The van der Waals surface area contributed by atoms with E-state index in [-0.39, 0.29) is 12.5 Å². The third-order valence-corrected chi connectivity index (χ3v) is 2.98. The summed E-state index contributed by atoms with van der Waals surface area (Å²) in [4.78, 5) is 12.8. The summed E-state index contributed by atoms with van der Waals surface area (Å²) >= 11 is 0. The lowest BCUT2D eigenvalue weighted by Gasteiger charge is -2.16. The predicted molar refractivity (Wildman–Crippen MR) is 69.9 cm³/mol. The molecule has 4 nitrogen and oxygen atoms in total. The molecule has 0 aliphatic carbocycles. The highest BCUT2D eigenvalue weighted by atomic mass is 16.3. The van der Waals surface area contributed by atoms with Crippen molar-refractivity contribution in [3.63, 3.8) is 0 Å². The fraction of sp³-hybridized carbons (Fsp3) is 0.357. The molecular formula is C14H17N3O. The van der Waals surface area contributed by atoms with Crippen LogP contribution in [0, 0.1) is 5.92 Å². The molecule has 18 heavy (non-hydrogen) atoms. The second kappa shape index (κ2) is 5.69. The molecule has 2 rings (SSSR count). The quantitative estimate of drug-likeness (QED) is 0.895. The van der Waals surface area contributed by atoms with Gasteiger partial charge in [-0.3, -0.25) is 4.98 Å². The third-order valence-electron chi connectivity index (χ3n) is 2.98. The maximum absolute atomic E-state index is 9.42. The van der Waals surface area contributed by atoms with Gasteiger partial charge in [0.1, 0.15) is 5.82 Å². The molecule has 0 fully saturated rings. The number of hydrogen-bond acceptors (Lipinski definition) is 4. The zero-order valence-corrected chi connectivity index (χ0v) is 10.6. The molecule has 0 saturated carbocycles. The molecule has 0 aliphatic heterocycles. The standard InChI is InChI=1S/C14H17N3O/c1-10(2)12(9-18)14-16-8-5-13(17-14)11-3-6-15-7-4-11/h3-8,10,12,18H,9H2,1-2H3. The number of rotatable bonds is 4. The van der Waals surface area contributed by atoms with Crippen molar-refractivity contribution >= 4 is 0 Å². The Morgan fingerprint density at radius 2 is 1.83 bits per heavy atom. The summed E-state index contributed by atoms with van der Waals surface area (Å²) < 4.78 is 0. The number of hydrogen-bond donors (Lipinski definition) is 1. The van der Waals surface area contributed by atoms with Crippen LogP contribution >= 0.6 is 0 Å². The Hall–Kier alpha value is -1.81. The first-order valence-electron chi connectivity index (χ1n) is 6.06. The Balaban J connectivity index is 2.36. The van der Waals surface area contributed by atoms with Gasteiger partial charge < -0.3 is 5.11 Å². The number of aliphatic hydroxyl groups is 1. The predicted octanol–water partition coefficient (Wildman–Crippen LogP) is 2.27. The minimum absolute atomic E-state index is 0.0215. The van der Waals surface area contributed by atoms with Crippen LogP contribution < -0.4 is 0 Å². The second-order valence-electron chi connectivity index (χ2n) is 4.57. The van der Waals surface area contributed by atoms with Gasteiger partial charge >= 0.3 is 0 Å². The monoisotopic (exact) mass is 243 g/mol. The van der Waals surface area contributed by atoms with Crippen LogP contribution in [0.3, 0.4) is 0 Å². The van der Waals surface area contributed by atoms with Crippen molar-refractivity contribution < 1.29 is 5.11 Å². The summed E-state index contributed by atoms with van der Waals surface area (Å²) in [6.07, 6.45) is 5.22. The summed E-state index contributed by atoms with van der Waals surface area (Å²) in [5.41, 5.74) is 1.87. The first kappa shape index (κ1) is 12.6. The third kappa shape index (κ3) is 2.71. The van der Waals surface area contributed by atoms with Crippen LogP contribution in [0.5, 0.6) is 0 Å². The molecule has 2 aromatic rings. The largest absolute Gasteiger partial charge is 0.396 e. The zero-order valence-electron chi connectivity index (χ0n) is 10.6. The molecule has 0 aromatic carbocycles. The van der Waals surface area contributed by atoms with Gasteiger partial charge in [-0.25, -0.2) is 9.97 Å². The maximum atomic E-state index is 9.42. The van der Waals surface area contributed by atoms with E-state index >= 15 is 0 Å². The molecule has 0 amide bonds. The van der Waals surface area contributed by atoms with Crippen molar-refractivity contribution in [1.82, 2.24) is 15.0 Å². The van der Waals surface area contributed by atoms with Crippen molar-refractivity contribution in [3.8, 4) is 11.3 Å². The molecule has 4 heteroatoms. The molecule has 2 heterocycles. The highest BCUT2D eigenvalue weighted by Crippen LogP contribution is 2.23. The van der Waals surface area contributed by atoms with Crippen LogP contribution in [0.25, 0.3) is 11.3 Å². The normalized spacial score (nSPS) is 12.7. The Labute approximate surface area is 107 Å². The summed E-state index contributed by atoms with van der Waals surface area (Å²) in [5, 5.41) is 9.42. The smallest absolute Gasteiger partial charge is 0.134 e. The van der Waals surface area contributed by atoms with Gasteiger partial charge in [0.05, 0.1) is 12.3 Å². The van der Waals surface area contributed by atoms with Gasteiger partial charge in [0.15, 0.2) is 0 Å². The van der Waals surface area contributed by atoms with Crippen molar-refractivity contribution in [2.24, 2.45) is 5.92 Å². The summed E-state index contributed by atoms with van der Waals surface area (Å²) in [6.45, 7) is 4.18. The highest BCUT2D eigenvalue weighted by molar-refractivity contribution is 5.57. The molecule has 2 aromatic heterocycles. The first-order chi connectivity index (χ1) is 8.72. The molecule has 1 unspecified atom stereocenters. The lowest BCUT2D eigenvalue weighted by atomic mass is 9.96. The van der Waals surface area contributed by atoms with E-state index in [1.54, 1.807) is 18.6 Å². The topological polar surface area (TPSA) is 58.9 Å². The van der Waals surface area contributed by atoms with E-state index in [0.717, 1.165) is 11.3 Å². The average molecular weight is 243 g/mol. The number of aromatic nitrogens is 3. The summed E-state index contributed by atoms with van der Waals surface area (Å²) in [7, 11) is 0. The lowest BCUT2D eigenvalue weighted by molar-refractivity contribution is 0.232. The minimum atomic E-state index is -0.0215. The summed E-state index contributed by atoms with van der Waals surface area (Å²) in [6, 6.07) is 5.69. The Morgan fingerprint density at radius 3 is 2.44 bits per heavy atom. The zero-order chi connectivity index (χ0) is 13.0. The minimum Gasteiger partial charge on any atom is -0.396 e. The van der Waals surface area contributed by atoms with Gasteiger partial charge in [0.25, 0.3) is 0 Å². The van der Waals surface area contributed by atoms with Crippen LogP contribution in [0.2, 0.25) is 0 Å². The van der Waals surface area contributed by atoms with E-state index in [1.807, 2.05) is 18.2 Å². The van der Waals surface area contributed by atoms with Crippen LogP contribution in [0.4, 0.5) is 0 Å². The van der Waals surface area contributed by atoms with E-state index in [0.29, 0.717) is 11.7 Å². The highest BCUT2D eigenvalue weighted by Gasteiger charge is 2.18. The van der Waals surface area contributed by atoms with Crippen molar-refractivity contribution in [1.29, 1.82) is 0 Å². The van der Waals surface area contributed by atoms with Gasteiger partial charge in [0, 0.05) is 30.1 Å². The molecule has 1 N–H and O–H groups in total. The Morgan fingerprint density at radius 1 is 1.11 bits per heavy atom. The maximum Gasteiger partial charge on any atom is 0.134 e. The van der Waals surface area contributed by atoms with Crippen LogP contribution in [-0.2, 0) is 0 Å². The Bertz CT molecular complexity index is 499. The molecule has 1 atom stereocenters. The fourth-order valence-electron chi connectivity index (χ4n) is 1.83. The van der Waals surface area contributed by atoms with Crippen LogP contribution in [-0.4, -0.2) is 26.7 Å². The molecular weight excluding hydrogens is 226 g/mol. The Kier molecular flexibility index (Phi) is 3.99. The fourth-order valence-corrected chi connectivity index (χ4v) is 1.83. The molecule has 0 bridgehead atoms. The van der Waals surface area contributed by atoms with Gasteiger partial charge in [-0.2, -0.15) is 0 Å². The summed E-state index contributed by atoms with van der Waals surface area (Å²) in [5.74, 6) is 0.983. The van der Waals surface area contributed by atoms with E-state index in [2.05, 4.69) is 28.8 Å². The van der Waals surface area contributed by atoms with E-state index in [4.69, 9.17) is 0 Å².